The molecule has 3 aromatic carbocycles. The molecule has 0 aromatic heterocycles. The Bertz CT molecular complexity index is 1520. The first-order valence-electron chi connectivity index (χ1n) is 15.7. The number of aryl methyl sites for hydroxylation is 1. The molecule has 2 bridgehead atoms. The van der Waals surface area contributed by atoms with E-state index in [2.05, 4.69) is 57.7 Å². The van der Waals surface area contributed by atoms with E-state index in [0.717, 1.165) is 85.4 Å². The van der Waals surface area contributed by atoms with Gasteiger partial charge >= 0.3 is 0 Å². The molecule has 1 amide bonds. The number of nitrogens with zero attached hydrogens (tertiary/aromatic N) is 2. The number of nitrogens with one attached hydrogen (secondary N) is 2. The van der Waals surface area contributed by atoms with E-state index in [1.54, 1.807) is 7.11 Å². The molecule has 0 spiro atoms. The molecule has 0 radical (unpaired) electrons. The predicted octanol–water partition coefficient (Wildman–Crippen LogP) is 6.66. The fourth-order valence-electron chi connectivity index (χ4n) is 6.74. The molecule has 1 saturated carbocycles. The summed E-state index contributed by atoms with van der Waals surface area (Å²) in [6, 6.07) is 21.2. The fourth-order valence-corrected chi connectivity index (χ4v) is 7.43. The quantitative estimate of drug-likeness (QED) is 0.248. The third kappa shape index (κ3) is 6.64. The third-order valence-electron chi connectivity index (χ3n) is 9.32. The highest BCUT2D eigenvalue weighted by atomic mass is 35.5. The zero-order chi connectivity index (χ0) is 30.8. The number of hydrogen-bond acceptors (Lipinski definition) is 5. The molecule has 1 aliphatic carbocycles. The fraction of sp³-hybridized carbons (Fsp3) is 0.417. The Hall–Kier alpha value is -3.03. The van der Waals surface area contributed by atoms with Gasteiger partial charge in [-0.2, -0.15) is 0 Å². The number of para-hydroxylation sites is 1. The van der Waals surface area contributed by atoms with E-state index in [-0.39, 0.29) is 18.0 Å². The number of benzene rings is 3. The lowest BCUT2D eigenvalue weighted by Gasteiger charge is -2.41. The smallest absolute Gasteiger partial charge is 0.252 e. The lowest BCUT2D eigenvalue weighted by Crippen LogP contribution is -2.60. The molecular formula is C36H42Cl2N4O2. The van der Waals surface area contributed by atoms with Crippen LogP contribution in [0.1, 0.15) is 47.9 Å². The Labute approximate surface area is 271 Å². The number of carbonyl (C=O) groups excluding carboxylic acids is 1. The minimum atomic E-state index is 0.00417. The first-order chi connectivity index (χ1) is 21.3. The first kappa shape index (κ1) is 31.0. The lowest BCUT2D eigenvalue weighted by atomic mass is 9.83. The van der Waals surface area contributed by atoms with Crippen LogP contribution in [0.25, 0.3) is 5.57 Å². The molecule has 1 saturated heterocycles. The van der Waals surface area contributed by atoms with E-state index >= 15 is 0 Å². The maximum Gasteiger partial charge on any atom is 0.252 e. The average molecular weight is 634 g/mol. The van der Waals surface area contributed by atoms with Crippen molar-refractivity contribution in [3.63, 3.8) is 0 Å². The number of ether oxygens (including phenoxy) is 1. The van der Waals surface area contributed by atoms with Crippen molar-refractivity contribution in [2.45, 2.75) is 63.7 Å². The Morgan fingerprint density at radius 2 is 1.73 bits per heavy atom. The Kier molecular flexibility index (Phi) is 9.53. The second kappa shape index (κ2) is 13.5. The van der Waals surface area contributed by atoms with Gasteiger partial charge in [0.1, 0.15) is 5.75 Å². The molecule has 3 aliphatic rings. The molecule has 0 unspecified atom stereocenters. The molecule has 44 heavy (non-hydrogen) atoms. The molecular weight excluding hydrogens is 591 g/mol. The number of fused-ring (bicyclic) bond motifs is 2. The van der Waals surface area contributed by atoms with Crippen LogP contribution in [0.3, 0.4) is 0 Å². The van der Waals surface area contributed by atoms with E-state index in [4.69, 9.17) is 27.9 Å². The summed E-state index contributed by atoms with van der Waals surface area (Å²) in [5, 5.41) is 8.65. The van der Waals surface area contributed by atoms with Crippen LogP contribution >= 0.6 is 23.2 Å². The minimum Gasteiger partial charge on any atom is -0.496 e. The first-order valence-corrected chi connectivity index (χ1v) is 16.5. The highest BCUT2D eigenvalue weighted by Gasteiger charge is 2.41. The van der Waals surface area contributed by atoms with Crippen molar-refractivity contribution in [1.29, 1.82) is 0 Å². The SMILES string of the molecule is COc1cccc(CN(C(=O)C2=C(c3ccc(CCCN(C)c4c(Cl)cccc4Cl)cc3)C[C@H]3CNC[C@H]2N3)C2CC2)c1C. The van der Waals surface area contributed by atoms with Crippen LogP contribution in [0.15, 0.2) is 66.2 Å². The molecule has 2 heterocycles. The molecule has 6 rings (SSSR count). The number of hydrogen-bond donors (Lipinski definition) is 2. The highest BCUT2D eigenvalue weighted by molar-refractivity contribution is 6.39. The van der Waals surface area contributed by atoms with E-state index < -0.39 is 0 Å². The second-order valence-corrected chi connectivity index (χ2v) is 13.2. The van der Waals surface area contributed by atoms with Crippen molar-refractivity contribution in [3.8, 4) is 5.75 Å². The van der Waals surface area contributed by atoms with Crippen LogP contribution in [0.2, 0.25) is 10.0 Å². The summed E-state index contributed by atoms with van der Waals surface area (Å²) in [7, 11) is 3.73. The maximum absolute atomic E-state index is 14.5. The average Bonchev–Trinajstić information content (AvgIpc) is 3.86. The minimum absolute atomic E-state index is 0.00417. The summed E-state index contributed by atoms with van der Waals surface area (Å²) in [6.07, 6.45) is 4.88. The second-order valence-electron chi connectivity index (χ2n) is 12.4. The van der Waals surface area contributed by atoms with Gasteiger partial charge in [-0.1, -0.05) is 65.7 Å². The number of piperazine rings is 1. The molecule has 3 aromatic rings. The zero-order valence-corrected chi connectivity index (χ0v) is 27.3. The van der Waals surface area contributed by atoms with E-state index in [1.807, 2.05) is 37.4 Å². The monoisotopic (exact) mass is 632 g/mol. The summed E-state index contributed by atoms with van der Waals surface area (Å²) in [5.41, 5.74) is 7.67. The zero-order valence-electron chi connectivity index (χ0n) is 25.8. The summed E-state index contributed by atoms with van der Waals surface area (Å²) in [4.78, 5) is 18.8. The summed E-state index contributed by atoms with van der Waals surface area (Å²) in [5.74, 6) is 1.03. The Balaban J connectivity index is 1.21. The molecule has 2 fully saturated rings. The molecule has 8 heteroatoms. The van der Waals surface area contributed by atoms with Crippen molar-refractivity contribution in [1.82, 2.24) is 15.5 Å². The summed E-state index contributed by atoms with van der Waals surface area (Å²) in [6.45, 7) is 5.20. The van der Waals surface area contributed by atoms with Crippen molar-refractivity contribution >= 4 is 40.4 Å². The van der Waals surface area contributed by atoms with Crippen molar-refractivity contribution in [2.24, 2.45) is 0 Å². The van der Waals surface area contributed by atoms with Gasteiger partial charge in [0.15, 0.2) is 0 Å². The summed E-state index contributed by atoms with van der Waals surface area (Å²) >= 11 is 12.8. The van der Waals surface area contributed by atoms with Crippen molar-refractivity contribution < 1.29 is 9.53 Å². The number of amides is 1. The van der Waals surface area contributed by atoms with Crippen LogP contribution in [-0.4, -0.2) is 62.7 Å². The van der Waals surface area contributed by atoms with Gasteiger partial charge in [-0.25, -0.2) is 0 Å². The van der Waals surface area contributed by atoms with E-state index in [0.29, 0.717) is 22.6 Å². The molecule has 2 N–H and O–H groups in total. The van der Waals surface area contributed by atoms with E-state index in [9.17, 15) is 4.79 Å². The number of carbonyl (C=O) groups is 1. The maximum atomic E-state index is 14.5. The van der Waals surface area contributed by atoms with Gasteiger partial charge < -0.3 is 25.2 Å². The topological polar surface area (TPSA) is 56.8 Å². The largest absolute Gasteiger partial charge is 0.496 e. The number of halogens is 2. The van der Waals surface area contributed by atoms with Crippen molar-refractivity contribution in [3.05, 3.63) is 98.5 Å². The van der Waals surface area contributed by atoms with Crippen LogP contribution < -0.4 is 20.3 Å². The molecule has 2 atom stereocenters. The molecule has 232 valence electrons. The van der Waals surface area contributed by atoms with Gasteiger partial charge in [-0.15, -0.1) is 0 Å². The van der Waals surface area contributed by atoms with Gasteiger partial charge in [0, 0.05) is 50.9 Å². The van der Waals surface area contributed by atoms with Crippen LogP contribution in [0, 0.1) is 6.92 Å². The number of rotatable bonds is 11. The summed E-state index contributed by atoms with van der Waals surface area (Å²) < 4.78 is 5.58. The lowest BCUT2D eigenvalue weighted by molar-refractivity contribution is -0.128. The molecule has 6 nitrogen and oxygen atoms in total. The Morgan fingerprint density at radius 1 is 1.00 bits per heavy atom. The predicted molar refractivity (Wildman–Crippen MR) is 181 cm³/mol. The van der Waals surface area contributed by atoms with Crippen LogP contribution in [-0.2, 0) is 17.8 Å². The van der Waals surface area contributed by atoms with E-state index in [1.165, 1.54) is 11.1 Å². The van der Waals surface area contributed by atoms with Gasteiger partial charge in [0.25, 0.3) is 5.91 Å². The van der Waals surface area contributed by atoms with Gasteiger partial charge in [-0.3, -0.25) is 4.79 Å². The van der Waals surface area contributed by atoms with Gasteiger partial charge in [0.2, 0.25) is 0 Å². The standard InChI is InChI=1S/C36H42Cl2N4O2/c1-23-26(8-4-11-33(23)44-3)22-42(28-16-17-28)36(43)34-29(19-27-20-39-21-32(34)40-27)25-14-12-24(13-15-25)7-6-18-41(2)35-30(37)9-5-10-31(35)38/h4-5,8-15,27-28,32,39-40H,6-7,16-22H2,1-3H3/t27-,32+/m0/s1. The number of anilines is 1. The van der Waals surface area contributed by atoms with Crippen LogP contribution in [0.4, 0.5) is 5.69 Å². The number of methoxy groups -OCH3 is 1. The Morgan fingerprint density at radius 3 is 2.43 bits per heavy atom. The van der Waals surface area contributed by atoms with Gasteiger partial charge in [-0.05, 0) is 85.1 Å². The highest BCUT2D eigenvalue weighted by Crippen LogP contribution is 2.37. The van der Waals surface area contributed by atoms with Crippen LogP contribution in [0.5, 0.6) is 5.75 Å². The normalized spacial score (nSPS) is 19.6. The van der Waals surface area contributed by atoms with Gasteiger partial charge in [0.05, 0.1) is 28.9 Å². The third-order valence-corrected chi connectivity index (χ3v) is 9.93. The molecule has 2 aliphatic heterocycles. The van der Waals surface area contributed by atoms with Crippen molar-refractivity contribution in [2.75, 3.05) is 38.7 Å².